The van der Waals surface area contributed by atoms with Crippen molar-refractivity contribution in [3.63, 3.8) is 0 Å². The van der Waals surface area contributed by atoms with Crippen LogP contribution in [0.15, 0.2) is 30.5 Å². The number of aromatic amines is 1. The summed E-state index contributed by atoms with van der Waals surface area (Å²) in [7, 11) is 0. The Bertz CT molecular complexity index is 559. The molecule has 0 aliphatic heterocycles. The molecule has 3 nitrogen and oxygen atoms in total. The van der Waals surface area contributed by atoms with Gasteiger partial charge in [0.15, 0.2) is 0 Å². The van der Waals surface area contributed by atoms with E-state index >= 15 is 0 Å². The van der Waals surface area contributed by atoms with Crippen molar-refractivity contribution in [1.82, 2.24) is 9.88 Å². The first kappa shape index (κ1) is 14.6. The van der Waals surface area contributed by atoms with Crippen LogP contribution in [0.4, 0.5) is 0 Å². The monoisotopic (exact) mass is 272 g/mol. The summed E-state index contributed by atoms with van der Waals surface area (Å²) < 4.78 is 0. The van der Waals surface area contributed by atoms with Crippen molar-refractivity contribution in [1.29, 1.82) is 0 Å². The Hall–Kier alpha value is -1.77. The summed E-state index contributed by atoms with van der Waals surface area (Å²) >= 11 is 0. The van der Waals surface area contributed by atoms with E-state index in [0.717, 1.165) is 43.4 Å². The number of unbranched alkanes of at least 4 members (excludes halogenated alkanes) is 1. The average molecular weight is 272 g/mol. The molecule has 1 aromatic heterocycles. The highest BCUT2D eigenvalue weighted by Crippen LogP contribution is 2.15. The van der Waals surface area contributed by atoms with Crippen molar-refractivity contribution < 1.29 is 4.79 Å². The first-order valence-electron chi connectivity index (χ1n) is 7.58. The summed E-state index contributed by atoms with van der Waals surface area (Å²) in [5.74, 6) is 0.242. The number of amides is 1. The lowest BCUT2D eigenvalue weighted by atomic mass is 10.1. The summed E-state index contributed by atoms with van der Waals surface area (Å²) in [5.41, 5.74) is 2.19. The number of hydrogen-bond donors (Lipinski definition) is 1. The standard InChI is InChI=1S/C17H24N2O/c1-3-5-11-19(10-4-2)17(20)13-14-6-7-15-8-9-18-16(15)12-14/h6-9,12,18H,3-5,10-11,13H2,1-2H3. The van der Waals surface area contributed by atoms with Gasteiger partial charge in [-0.3, -0.25) is 4.79 Å². The van der Waals surface area contributed by atoms with E-state index in [-0.39, 0.29) is 5.91 Å². The molecule has 0 unspecified atom stereocenters. The second-order valence-electron chi connectivity index (χ2n) is 5.31. The van der Waals surface area contributed by atoms with Gasteiger partial charge in [0.05, 0.1) is 6.42 Å². The number of hydrogen-bond acceptors (Lipinski definition) is 1. The molecule has 0 bridgehead atoms. The molecule has 0 fully saturated rings. The van der Waals surface area contributed by atoms with Crippen molar-refractivity contribution in [2.24, 2.45) is 0 Å². The van der Waals surface area contributed by atoms with E-state index in [1.165, 1.54) is 5.39 Å². The van der Waals surface area contributed by atoms with Gasteiger partial charge in [-0.05, 0) is 35.9 Å². The van der Waals surface area contributed by atoms with Crippen LogP contribution < -0.4 is 0 Å². The van der Waals surface area contributed by atoms with E-state index < -0.39 is 0 Å². The molecule has 0 aliphatic rings. The zero-order valence-corrected chi connectivity index (χ0v) is 12.5. The molecule has 0 saturated heterocycles. The predicted octanol–water partition coefficient (Wildman–Crippen LogP) is 3.75. The number of benzene rings is 1. The molecule has 20 heavy (non-hydrogen) atoms. The molecule has 0 saturated carbocycles. The molecule has 108 valence electrons. The summed E-state index contributed by atoms with van der Waals surface area (Å²) in [6.07, 6.45) is 5.66. The summed E-state index contributed by atoms with van der Waals surface area (Å²) in [5, 5.41) is 1.19. The smallest absolute Gasteiger partial charge is 0.226 e. The number of fused-ring (bicyclic) bond motifs is 1. The minimum Gasteiger partial charge on any atom is -0.361 e. The van der Waals surface area contributed by atoms with E-state index in [2.05, 4.69) is 37.0 Å². The lowest BCUT2D eigenvalue weighted by Gasteiger charge is -2.22. The van der Waals surface area contributed by atoms with Crippen LogP contribution in [-0.4, -0.2) is 28.9 Å². The van der Waals surface area contributed by atoms with Gasteiger partial charge in [0.25, 0.3) is 0 Å². The van der Waals surface area contributed by atoms with E-state index in [0.29, 0.717) is 6.42 Å². The molecule has 0 aliphatic carbocycles. The molecular formula is C17H24N2O. The van der Waals surface area contributed by atoms with Gasteiger partial charge in [-0.25, -0.2) is 0 Å². The SMILES string of the molecule is CCCCN(CCC)C(=O)Cc1ccc2cc[nH]c2c1. The fourth-order valence-electron chi connectivity index (χ4n) is 2.47. The van der Waals surface area contributed by atoms with Gasteiger partial charge in [-0.1, -0.05) is 32.4 Å². The maximum Gasteiger partial charge on any atom is 0.226 e. The first-order valence-corrected chi connectivity index (χ1v) is 7.58. The first-order chi connectivity index (χ1) is 9.74. The topological polar surface area (TPSA) is 36.1 Å². The Morgan fingerprint density at radius 2 is 2.00 bits per heavy atom. The highest BCUT2D eigenvalue weighted by Gasteiger charge is 2.13. The van der Waals surface area contributed by atoms with Crippen LogP contribution in [0.25, 0.3) is 10.9 Å². The van der Waals surface area contributed by atoms with Gasteiger partial charge in [0, 0.05) is 24.8 Å². The van der Waals surface area contributed by atoms with Crippen molar-refractivity contribution in [2.45, 2.75) is 39.5 Å². The second-order valence-corrected chi connectivity index (χ2v) is 5.31. The Morgan fingerprint density at radius 3 is 2.75 bits per heavy atom. The lowest BCUT2D eigenvalue weighted by Crippen LogP contribution is -2.33. The Labute approximate surface area is 121 Å². The number of carbonyl (C=O) groups excluding carboxylic acids is 1. The Kier molecular flexibility index (Phi) is 5.22. The molecule has 0 atom stereocenters. The van der Waals surface area contributed by atoms with Gasteiger partial charge in [-0.2, -0.15) is 0 Å². The van der Waals surface area contributed by atoms with Gasteiger partial charge < -0.3 is 9.88 Å². The van der Waals surface area contributed by atoms with Gasteiger partial charge in [-0.15, -0.1) is 0 Å². The van der Waals surface area contributed by atoms with E-state index in [4.69, 9.17) is 0 Å². The normalized spacial score (nSPS) is 10.9. The largest absolute Gasteiger partial charge is 0.361 e. The zero-order chi connectivity index (χ0) is 14.4. The van der Waals surface area contributed by atoms with Crippen molar-refractivity contribution in [3.8, 4) is 0 Å². The van der Waals surface area contributed by atoms with E-state index in [9.17, 15) is 4.79 Å². The summed E-state index contributed by atoms with van der Waals surface area (Å²) in [6, 6.07) is 8.26. The molecule has 0 spiro atoms. The third kappa shape index (κ3) is 3.62. The molecule has 0 radical (unpaired) electrons. The van der Waals surface area contributed by atoms with Crippen LogP contribution in [0.5, 0.6) is 0 Å². The van der Waals surface area contributed by atoms with Crippen molar-refractivity contribution in [2.75, 3.05) is 13.1 Å². The number of H-pyrrole nitrogens is 1. The molecular weight excluding hydrogens is 248 g/mol. The lowest BCUT2D eigenvalue weighted by molar-refractivity contribution is -0.130. The molecule has 3 heteroatoms. The van der Waals surface area contributed by atoms with E-state index in [1.807, 2.05) is 17.2 Å². The van der Waals surface area contributed by atoms with Crippen LogP contribution in [0.3, 0.4) is 0 Å². The Morgan fingerprint density at radius 1 is 1.15 bits per heavy atom. The van der Waals surface area contributed by atoms with Crippen LogP contribution in [0.2, 0.25) is 0 Å². The molecule has 1 amide bonds. The van der Waals surface area contributed by atoms with Gasteiger partial charge in [0.1, 0.15) is 0 Å². The number of aromatic nitrogens is 1. The maximum atomic E-state index is 12.4. The second kappa shape index (κ2) is 7.13. The van der Waals surface area contributed by atoms with Gasteiger partial charge >= 0.3 is 0 Å². The maximum absolute atomic E-state index is 12.4. The van der Waals surface area contributed by atoms with Crippen molar-refractivity contribution >= 4 is 16.8 Å². The van der Waals surface area contributed by atoms with Crippen LogP contribution in [-0.2, 0) is 11.2 Å². The molecule has 1 aromatic carbocycles. The quantitative estimate of drug-likeness (QED) is 0.818. The highest BCUT2D eigenvalue weighted by atomic mass is 16.2. The fourth-order valence-corrected chi connectivity index (χ4v) is 2.47. The molecule has 1 N–H and O–H groups in total. The summed E-state index contributed by atoms with van der Waals surface area (Å²) in [4.78, 5) is 17.6. The fraction of sp³-hybridized carbons (Fsp3) is 0.471. The predicted molar refractivity (Wildman–Crippen MR) is 83.8 cm³/mol. The van der Waals surface area contributed by atoms with Crippen LogP contribution >= 0.6 is 0 Å². The number of nitrogens with one attached hydrogen (secondary N) is 1. The molecule has 1 heterocycles. The Balaban J connectivity index is 2.03. The number of carbonyl (C=O) groups is 1. The highest BCUT2D eigenvalue weighted by molar-refractivity contribution is 5.83. The summed E-state index contributed by atoms with van der Waals surface area (Å²) in [6.45, 7) is 6.03. The molecule has 2 aromatic rings. The van der Waals surface area contributed by atoms with Crippen LogP contribution in [0, 0.1) is 0 Å². The van der Waals surface area contributed by atoms with Crippen LogP contribution in [0.1, 0.15) is 38.7 Å². The minimum atomic E-state index is 0.242. The van der Waals surface area contributed by atoms with E-state index in [1.54, 1.807) is 0 Å². The van der Waals surface area contributed by atoms with Crippen molar-refractivity contribution in [3.05, 3.63) is 36.0 Å². The third-order valence-electron chi connectivity index (χ3n) is 3.60. The third-order valence-corrected chi connectivity index (χ3v) is 3.60. The van der Waals surface area contributed by atoms with Gasteiger partial charge in [0.2, 0.25) is 5.91 Å². The minimum absolute atomic E-state index is 0.242. The number of nitrogens with zero attached hydrogens (tertiary/aromatic N) is 1. The zero-order valence-electron chi connectivity index (χ0n) is 12.5. The number of rotatable bonds is 7. The average Bonchev–Trinajstić information content (AvgIpc) is 2.90. The molecule has 2 rings (SSSR count).